The number of hydrogen-bond acceptors (Lipinski definition) is 4. The number of rotatable bonds is 4. The molecule has 2 aromatic heterocycles. The lowest BCUT2D eigenvalue weighted by Crippen LogP contribution is -2.38. The quantitative estimate of drug-likeness (QED) is 0.562. The first kappa shape index (κ1) is 16.0. The number of thiazole rings is 1. The summed E-state index contributed by atoms with van der Waals surface area (Å²) in [5.41, 5.74) is 1.07. The Morgan fingerprint density at radius 1 is 1.25 bits per heavy atom. The average Bonchev–Trinajstić information content (AvgIpc) is 3.06. The van der Waals surface area contributed by atoms with Crippen molar-refractivity contribution in [3.05, 3.63) is 71.0 Å². The third kappa shape index (κ3) is 3.38. The summed E-state index contributed by atoms with van der Waals surface area (Å²) >= 11 is 1.15. The lowest BCUT2D eigenvalue weighted by Gasteiger charge is -2.00. The minimum absolute atomic E-state index is 0.119. The van der Waals surface area contributed by atoms with E-state index < -0.39 is 17.5 Å². The van der Waals surface area contributed by atoms with Crippen LogP contribution in [-0.2, 0) is 6.54 Å². The van der Waals surface area contributed by atoms with Gasteiger partial charge in [-0.2, -0.15) is 0 Å². The van der Waals surface area contributed by atoms with E-state index in [1.54, 1.807) is 18.2 Å². The topological polar surface area (TPSA) is 66.1 Å². The Morgan fingerprint density at radius 3 is 2.83 bits per heavy atom. The van der Waals surface area contributed by atoms with E-state index in [-0.39, 0.29) is 12.2 Å². The highest BCUT2D eigenvalue weighted by Gasteiger charge is 2.15. The Hall–Kier alpha value is -2.87. The molecule has 1 amide bonds. The number of carbonyl (C=O) groups excluding carboxylic acids is 1. The molecule has 0 bridgehead atoms. The summed E-state index contributed by atoms with van der Waals surface area (Å²) in [6, 6.07) is 8.50. The lowest BCUT2D eigenvalue weighted by atomic mass is 10.2. The molecule has 0 aliphatic heterocycles. The summed E-state index contributed by atoms with van der Waals surface area (Å²) in [6.07, 6.45) is 1.45. The van der Waals surface area contributed by atoms with Crippen molar-refractivity contribution in [2.45, 2.75) is 6.54 Å². The van der Waals surface area contributed by atoms with Gasteiger partial charge in [0, 0.05) is 27.8 Å². The molecule has 8 heteroatoms. The second-order valence-electron chi connectivity index (χ2n) is 4.89. The van der Waals surface area contributed by atoms with Gasteiger partial charge < -0.3 is 5.32 Å². The molecule has 0 saturated carbocycles. The fraction of sp³-hybridized carbons (Fsp3) is 0.0625. The molecule has 122 valence electrons. The van der Waals surface area contributed by atoms with Crippen LogP contribution in [0.15, 0.2) is 48.0 Å². The Bertz CT molecular complexity index is 899. The van der Waals surface area contributed by atoms with Crippen molar-refractivity contribution in [1.82, 2.24) is 10.3 Å². The summed E-state index contributed by atoms with van der Waals surface area (Å²) in [7, 11) is 0. The van der Waals surface area contributed by atoms with Crippen LogP contribution in [0.3, 0.4) is 0 Å². The number of nitrogens with zero attached hydrogens (tertiary/aromatic N) is 2. The smallest absolute Gasteiger partial charge is 0.271 e. The maximum atomic E-state index is 13.3. The van der Waals surface area contributed by atoms with E-state index in [0.717, 1.165) is 28.2 Å². The van der Waals surface area contributed by atoms with Gasteiger partial charge in [-0.1, -0.05) is 0 Å². The number of aromatic nitrogens is 2. The van der Waals surface area contributed by atoms with Crippen molar-refractivity contribution in [2.24, 2.45) is 0 Å². The van der Waals surface area contributed by atoms with Crippen molar-refractivity contribution >= 4 is 17.2 Å². The summed E-state index contributed by atoms with van der Waals surface area (Å²) in [5.74, 6) is -2.33. The van der Waals surface area contributed by atoms with E-state index >= 15 is 0 Å². The maximum absolute atomic E-state index is 13.3. The van der Waals surface area contributed by atoms with Gasteiger partial charge in [0.25, 0.3) is 11.6 Å². The van der Waals surface area contributed by atoms with Crippen molar-refractivity contribution < 1.29 is 23.5 Å². The van der Waals surface area contributed by atoms with Crippen LogP contribution in [0.2, 0.25) is 0 Å². The number of halogens is 2. The van der Waals surface area contributed by atoms with Crippen molar-refractivity contribution in [2.75, 3.05) is 0 Å². The third-order valence-electron chi connectivity index (χ3n) is 3.25. The van der Waals surface area contributed by atoms with E-state index in [4.69, 9.17) is 0 Å². The molecule has 0 aliphatic carbocycles. The fourth-order valence-corrected chi connectivity index (χ4v) is 2.81. The van der Waals surface area contributed by atoms with Crippen LogP contribution in [0.4, 0.5) is 8.78 Å². The monoisotopic (exact) mass is 348 g/mol. The molecule has 3 aromatic rings. The van der Waals surface area contributed by atoms with Gasteiger partial charge >= 0.3 is 0 Å². The number of benzene rings is 1. The van der Waals surface area contributed by atoms with Crippen LogP contribution in [-0.4, -0.2) is 16.1 Å². The standard InChI is InChI=1S/C16H11F2N3O2S/c17-12-5-4-10(7-13(12)18)16-20-14(9-24-16)15(22)19-8-11-3-1-2-6-21(11)23/h1-7,9H,8H2,(H-,19,22,23)/p+1. The van der Waals surface area contributed by atoms with Gasteiger partial charge in [-0.05, 0) is 24.3 Å². The first-order valence-electron chi connectivity index (χ1n) is 6.92. The SMILES string of the molecule is O=C(NCc1cccc[n+]1O)c1csc(-c2ccc(F)c(F)c2)n1. The molecule has 5 nitrogen and oxygen atoms in total. The molecule has 24 heavy (non-hydrogen) atoms. The van der Waals surface area contributed by atoms with Crippen LogP contribution in [0.1, 0.15) is 16.2 Å². The van der Waals surface area contributed by atoms with E-state index in [2.05, 4.69) is 10.3 Å². The Morgan fingerprint density at radius 2 is 2.08 bits per heavy atom. The highest BCUT2D eigenvalue weighted by Crippen LogP contribution is 2.25. The van der Waals surface area contributed by atoms with Gasteiger partial charge in [-0.15, -0.1) is 11.3 Å². The first-order valence-corrected chi connectivity index (χ1v) is 7.80. The van der Waals surface area contributed by atoms with Crippen molar-refractivity contribution in [3.8, 4) is 10.6 Å². The molecule has 3 rings (SSSR count). The second kappa shape index (κ2) is 6.71. The lowest BCUT2D eigenvalue weighted by molar-refractivity contribution is -0.909. The van der Waals surface area contributed by atoms with Crippen molar-refractivity contribution in [3.63, 3.8) is 0 Å². The minimum atomic E-state index is -0.967. The van der Waals surface area contributed by atoms with Gasteiger partial charge in [0.05, 0.1) is 0 Å². The van der Waals surface area contributed by atoms with Gasteiger partial charge in [-0.3, -0.25) is 10.0 Å². The molecule has 0 fully saturated rings. The van der Waals surface area contributed by atoms with Crippen LogP contribution in [0.5, 0.6) is 0 Å². The van der Waals surface area contributed by atoms with E-state index in [1.807, 2.05) is 0 Å². The molecule has 0 aliphatic rings. The number of nitrogens with one attached hydrogen (secondary N) is 1. The minimum Gasteiger partial charge on any atom is -0.340 e. The Balaban J connectivity index is 1.72. The predicted octanol–water partition coefficient (Wildman–Crippen LogP) is 2.54. The fourth-order valence-electron chi connectivity index (χ4n) is 2.01. The normalized spacial score (nSPS) is 10.6. The van der Waals surface area contributed by atoms with E-state index in [0.29, 0.717) is 16.3 Å². The summed E-state index contributed by atoms with van der Waals surface area (Å²) in [6.45, 7) is 0.119. The van der Waals surface area contributed by atoms with E-state index in [9.17, 15) is 18.8 Å². The van der Waals surface area contributed by atoms with Gasteiger partial charge in [-0.25, -0.2) is 13.8 Å². The highest BCUT2D eigenvalue weighted by molar-refractivity contribution is 7.13. The zero-order chi connectivity index (χ0) is 17.1. The third-order valence-corrected chi connectivity index (χ3v) is 4.15. The zero-order valence-corrected chi connectivity index (χ0v) is 13.1. The van der Waals surface area contributed by atoms with Gasteiger partial charge in [0.2, 0.25) is 6.20 Å². The molecule has 0 unspecified atom stereocenters. The van der Waals surface area contributed by atoms with E-state index in [1.165, 1.54) is 17.6 Å². The summed E-state index contributed by atoms with van der Waals surface area (Å²) in [4.78, 5) is 16.2. The maximum Gasteiger partial charge on any atom is 0.271 e. The number of amides is 1. The molecular weight excluding hydrogens is 336 g/mol. The Labute approximate surface area is 139 Å². The first-order chi connectivity index (χ1) is 11.5. The second-order valence-corrected chi connectivity index (χ2v) is 5.74. The number of hydrogen-bond donors (Lipinski definition) is 2. The molecular formula is C16H12F2N3O2S+. The molecule has 0 atom stereocenters. The molecule has 0 radical (unpaired) electrons. The largest absolute Gasteiger partial charge is 0.340 e. The summed E-state index contributed by atoms with van der Waals surface area (Å²) < 4.78 is 27.1. The molecule has 2 heterocycles. The van der Waals surface area contributed by atoms with Gasteiger partial charge in [0.15, 0.2) is 11.6 Å². The average molecular weight is 348 g/mol. The molecule has 1 aromatic carbocycles. The van der Waals surface area contributed by atoms with Crippen LogP contribution in [0, 0.1) is 11.6 Å². The van der Waals surface area contributed by atoms with Crippen LogP contribution >= 0.6 is 11.3 Å². The van der Waals surface area contributed by atoms with Crippen LogP contribution < -0.4 is 10.0 Å². The summed E-state index contributed by atoms with van der Waals surface area (Å²) in [5, 5.41) is 14.2. The van der Waals surface area contributed by atoms with Crippen molar-refractivity contribution in [1.29, 1.82) is 0 Å². The predicted molar refractivity (Wildman–Crippen MR) is 82.5 cm³/mol. The van der Waals surface area contributed by atoms with Gasteiger partial charge in [0.1, 0.15) is 17.2 Å². The number of carbonyl (C=O) groups is 1. The molecule has 0 saturated heterocycles. The molecule has 0 spiro atoms. The highest BCUT2D eigenvalue weighted by atomic mass is 32.1. The van der Waals surface area contributed by atoms with Crippen LogP contribution in [0.25, 0.3) is 10.6 Å². The zero-order valence-electron chi connectivity index (χ0n) is 12.2. The number of pyridine rings is 1. The Kier molecular flexibility index (Phi) is 4.48. The molecule has 2 N–H and O–H groups in total.